The van der Waals surface area contributed by atoms with Crippen molar-refractivity contribution in [3.63, 3.8) is 0 Å². The zero-order chi connectivity index (χ0) is 15.4. The summed E-state index contributed by atoms with van der Waals surface area (Å²) in [5.41, 5.74) is -0.214. The Kier molecular flexibility index (Phi) is 4.39. The highest BCUT2D eigenvalue weighted by Crippen LogP contribution is 2.37. The van der Waals surface area contributed by atoms with E-state index in [9.17, 15) is 14.9 Å². The number of nitro benzene ring substituents is 1. The van der Waals surface area contributed by atoms with E-state index in [4.69, 9.17) is 9.47 Å². The van der Waals surface area contributed by atoms with Crippen LogP contribution in [0, 0.1) is 10.1 Å². The van der Waals surface area contributed by atoms with Crippen molar-refractivity contribution in [3.05, 3.63) is 44.6 Å². The van der Waals surface area contributed by atoms with Crippen LogP contribution in [0.5, 0.6) is 11.5 Å². The van der Waals surface area contributed by atoms with Crippen LogP contribution in [-0.2, 0) is 0 Å². The molecule has 0 saturated heterocycles. The van der Waals surface area contributed by atoms with Crippen LogP contribution in [-0.4, -0.2) is 25.1 Å². The quantitative estimate of drug-likeness (QED) is 0.677. The van der Waals surface area contributed by atoms with Gasteiger partial charge in [0.2, 0.25) is 0 Å². The molecular formula is C13H12N2O5S. The molecule has 1 N–H and O–H groups in total. The minimum Gasteiger partial charge on any atom is -0.493 e. The van der Waals surface area contributed by atoms with E-state index in [-0.39, 0.29) is 17.1 Å². The summed E-state index contributed by atoms with van der Waals surface area (Å²) in [5, 5.41) is 15.4. The lowest BCUT2D eigenvalue weighted by atomic mass is 10.2. The normalized spacial score (nSPS) is 10.0. The van der Waals surface area contributed by atoms with E-state index in [2.05, 4.69) is 5.32 Å². The van der Waals surface area contributed by atoms with Crippen LogP contribution in [0.4, 0.5) is 11.4 Å². The van der Waals surface area contributed by atoms with Crippen LogP contribution in [0.1, 0.15) is 9.67 Å². The van der Waals surface area contributed by atoms with Gasteiger partial charge in [0, 0.05) is 6.07 Å². The second-order valence-electron chi connectivity index (χ2n) is 3.91. The number of nitrogens with one attached hydrogen (secondary N) is 1. The third-order valence-electron chi connectivity index (χ3n) is 2.69. The van der Waals surface area contributed by atoms with Crippen molar-refractivity contribution in [2.45, 2.75) is 0 Å². The molecule has 1 amide bonds. The van der Waals surface area contributed by atoms with E-state index in [1.54, 1.807) is 17.5 Å². The molecule has 2 rings (SSSR count). The Morgan fingerprint density at radius 1 is 1.29 bits per heavy atom. The number of rotatable bonds is 5. The van der Waals surface area contributed by atoms with Gasteiger partial charge in [-0.2, -0.15) is 0 Å². The monoisotopic (exact) mass is 308 g/mol. The smallest absolute Gasteiger partial charge is 0.296 e. The second kappa shape index (κ2) is 6.23. The first-order valence-electron chi connectivity index (χ1n) is 5.82. The number of thiophene rings is 1. The van der Waals surface area contributed by atoms with E-state index in [0.29, 0.717) is 10.6 Å². The number of methoxy groups -OCH3 is 2. The minimum absolute atomic E-state index is 0.0519. The Labute approximate surface area is 124 Å². The zero-order valence-electron chi connectivity index (χ0n) is 11.3. The molecule has 0 aliphatic heterocycles. The summed E-state index contributed by atoms with van der Waals surface area (Å²) in [6.45, 7) is 0. The van der Waals surface area contributed by atoms with Crippen molar-refractivity contribution in [2.75, 3.05) is 19.5 Å². The lowest BCUT2D eigenvalue weighted by molar-refractivity contribution is -0.384. The molecule has 1 heterocycles. The largest absolute Gasteiger partial charge is 0.493 e. The van der Waals surface area contributed by atoms with Gasteiger partial charge in [0.1, 0.15) is 5.69 Å². The van der Waals surface area contributed by atoms with Crippen molar-refractivity contribution >= 4 is 28.6 Å². The SMILES string of the molecule is COc1cc(NC(=O)c2cccs2)c([N+](=O)[O-])cc1OC. The summed E-state index contributed by atoms with van der Waals surface area (Å²) < 4.78 is 10.1. The molecule has 0 fully saturated rings. The summed E-state index contributed by atoms with van der Waals surface area (Å²) in [5.74, 6) is 0.100. The van der Waals surface area contributed by atoms with Crippen molar-refractivity contribution in [1.82, 2.24) is 0 Å². The fourth-order valence-corrected chi connectivity index (χ4v) is 2.33. The number of nitrogens with zero attached hydrogens (tertiary/aromatic N) is 1. The first kappa shape index (κ1) is 14.8. The number of carbonyl (C=O) groups excluding carboxylic acids is 1. The van der Waals surface area contributed by atoms with Crippen molar-refractivity contribution in [3.8, 4) is 11.5 Å². The summed E-state index contributed by atoms with van der Waals surface area (Å²) in [4.78, 5) is 23.0. The molecule has 0 spiro atoms. The van der Waals surface area contributed by atoms with Crippen LogP contribution < -0.4 is 14.8 Å². The Morgan fingerprint density at radius 2 is 1.95 bits per heavy atom. The van der Waals surface area contributed by atoms with Gasteiger partial charge in [-0.05, 0) is 11.4 Å². The molecule has 0 radical (unpaired) electrons. The molecule has 7 nitrogen and oxygen atoms in total. The molecule has 8 heteroatoms. The van der Waals surface area contributed by atoms with Crippen LogP contribution in [0.2, 0.25) is 0 Å². The average molecular weight is 308 g/mol. The number of nitro groups is 1. The van der Waals surface area contributed by atoms with Gasteiger partial charge in [-0.1, -0.05) is 6.07 Å². The highest BCUT2D eigenvalue weighted by molar-refractivity contribution is 7.12. The summed E-state index contributed by atoms with van der Waals surface area (Å²) in [6.07, 6.45) is 0. The molecular weight excluding hydrogens is 296 g/mol. The number of benzene rings is 1. The number of ether oxygens (including phenoxy) is 2. The predicted octanol–water partition coefficient (Wildman–Crippen LogP) is 2.93. The standard InChI is InChI=1S/C13H12N2O5S/c1-19-10-6-8(9(15(17)18)7-11(10)20-2)14-13(16)12-4-3-5-21-12/h3-7H,1-2H3,(H,14,16). The van der Waals surface area contributed by atoms with Gasteiger partial charge in [-0.3, -0.25) is 14.9 Å². The topological polar surface area (TPSA) is 90.7 Å². The van der Waals surface area contributed by atoms with Crippen molar-refractivity contribution < 1.29 is 19.2 Å². The van der Waals surface area contributed by atoms with E-state index in [0.717, 1.165) is 0 Å². The minimum atomic E-state index is -0.591. The van der Waals surface area contributed by atoms with E-state index < -0.39 is 10.8 Å². The van der Waals surface area contributed by atoms with Gasteiger partial charge < -0.3 is 14.8 Å². The lowest BCUT2D eigenvalue weighted by Crippen LogP contribution is -2.12. The molecule has 0 bridgehead atoms. The molecule has 0 unspecified atom stereocenters. The molecule has 2 aromatic rings. The third-order valence-corrected chi connectivity index (χ3v) is 3.56. The highest BCUT2D eigenvalue weighted by Gasteiger charge is 2.21. The molecule has 0 aliphatic rings. The van der Waals surface area contributed by atoms with Crippen LogP contribution in [0.25, 0.3) is 0 Å². The number of carbonyl (C=O) groups is 1. The Balaban J connectivity index is 2.41. The maximum absolute atomic E-state index is 12.0. The zero-order valence-corrected chi connectivity index (χ0v) is 12.1. The fraction of sp³-hybridized carbons (Fsp3) is 0.154. The Morgan fingerprint density at radius 3 is 2.48 bits per heavy atom. The average Bonchev–Trinajstić information content (AvgIpc) is 3.00. The van der Waals surface area contributed by atoms with Gasteiger partial charge in [0.05, 0.1) is 30.1 Å². The van der Waals surface area contributed by atoms with Gasteiger partial charge in [-0.25, -0.2) is 0 Å². The first-order valence-corrected chi connectivity index (χ1v) is 6.70. The van der Waals surface area contributed by atoms with Crippen LogP contribution in [0.3, 0.4) is 0 Å². The highest BCUT2D eigenvalue weighted by atomic mass is 32.1. The summed E-state index contributed by atoms with van der Waals surface area (Å²) in [7, 11) is 2.79. The van der Waals surface area contributed by atoms with Gasteiger partial charge in [-0.15, -0.1) is 11.3 Å². The van der Waals surface area contributed by atoms with Gasteiger partial charge in [0.25, 0.3) is 11.6 Å². The number of amides is 1. The van der Waals surface area contributed by atoms with E-state index in [1.165, 1.54) is 37.7 Å². The van der Waals surface area contributed by atoms with Crippen molar-refractivity contribution in [2.24, 2.45) is 0 Å². The molecule has 110 valence electrons. The fourth-order valence-electron chi connectivity index (χ4n) is 1.71. The Bertz CT molecular complexity index is 669. The molecule has 0 saturated carbocycles. The predicted molar refractivity (Wildman–Crippen MR) is 78.5 cm³/mol. The third kappa shape index (κ3) is 3.11. The molecule has 0 aliphatic carbocycles. The molecule has 1 aromatic carbocycles. The maximum Gasteiger partial charge on any atom is 0.296 e. The first-order chi connectivity index (χ1) is 10.1. The number of hydrogen-bond donors (Lipinski definition) is 1. The Hall–Kier alpha value is -2.61. The second-order valence-corrected chi connectivity index (χ2v) is 4.86. The summed E-state index contributed by atoms with van der Waals surface area (Å²) in [6, 6.07) is 5.93. The summed E-state index contributed by atoms with van der Waals surface area (Å²) >= 11 is 1.24. The molecule has 1 aromatic heterocycles. The van der Waals surface area contributed by atoms with E-state index >= 15 is 0 Å². The van der Waals surface area contributed by atoms with Crippen LogP contribution >= 0.6 is 11.3 Å². The lowest BCUT2D eigenvalue weighted by Gasteiger charge is -2.11. The van der Waals surface area contributed by atoms with E-state index in [1.807, 2.05) is 0 Å². The van der Waals surface area contributed by atoms with Crippen molar-refractivity contribution in [1.29, 1.82) is 0 Å². The van der Waals surface area contributed by atoms with Crippen LogP contribution in [0.15, 0.2) is 29.6 Å². The molecule has 0 atom stereocenters. The molecule has 21 heavy (non-hydrogen) atoms. The van der Waals surface area contributed by atoms with Gasteiger partial charge in [0.15, 0.2) is 11.5 Å². The van der Waals surface area contributed by atoms with Gasteiger partial charge >= 0.3 is 0 Å². The maximum atomic E-state index is 12.0. The number of hydrogen-bond acceptors (Lipinski definition) is 6. The number of anilines is 1.